The molecule has 0 saturated carbocycles. The van der Waals surface area contributed by atoms with Crippen LogP contribution in [0.2, 0.25) is 5.02 Å². The number of rotatable bonds is 3. The van der Waals surface area contributed by atoms with Gasteiger partial charge in [0.15, 0.2) is 0 Å². The normalized spacial score (nSPS) is 22.8. The molecule has 0 aliphatic carbocycles. The third kappa shape index (κ3) is 4.70. The minimum absolute atomic E-state index is 0.0975. The standard InChI is InChI=1S/C13H17ClN2O3/c1-9-6-15-7-12(19-9)8-18-13(17)16-11-4-2-10(14)3-5-11/h2-5,9,12,15H,6-8H2,1H3,(H,16,17). The minimum atomic E-state index is -0.496. The quantitative estimate of drug-likeness (QED) is 0.894. The lowest BCUT2D eigenvalue weighted by Gasteiger charge is -2.28. The van der Waals surface area contributed by atoms with Crippen LogP contribution in [0.25, 0.3) is 0 Å². The third-order valence-corrected chi connectivity index (χ3v) is 2.97. The van der Waals surface area contributed by atoms with Gasteiger partial charge in [0.1, 0.15) is 12.7 Å². The highest BCUT2D eigenvalue weighted by Crippen LogP contribution is 2.13. The van der Waals surface area contributed by atoms with Crippen molar-refractivity contribution in [3.05, 3.63) is 29.3 Å². The van der Waals surface area contributed by atoms with Crippen molar-refractivity contribution in [2.75, 3.05) is 25.0 Å². The molecule has 0 spiro atoms. The molecule has 2 N–H and O–H groups in total. The van der Waals surface area contributed by atoms with Gasteiger partial charge in [-0.2, -0.15) is 0 Å². The van der Waals surface area contributed by atoms with Crippen molar-refractivity contribution in [2.24, 2.45) is 0 Å². The van der Waals surface area contributed by atoms with Gasteiger partial charge in [-0.3, -0.25) is 5.32 Å². The maximum absolute atomic E-state index is 11.6. The number of anilines is 1. The molecule has 19 heavy (non-hydrogen) atoms. The van der Waals surface area contributed by atoms with Crippen LogP contribution in [0.1, 0.15) is 6.92 Å². The van der Waals surface area contributed by atoms with Gasteiger partial charge >= 0.3 is 6.09 Å². The molecule has 0 radical (unpaired) electrons. The Kier molecular flexibility index (Phi) is 5.01. The van der Waals surface area contributed by atoms with Crippen LogP contribution in [0.3, 0.4) is 0 Å². The second-order valence-electron chi connectivity index (χ2n) is 4.46. The molecule has 2 rings (SSSR count). The summed E-state index contributed by atoms with van der Waals surface area (Å²) in [5.41, 5.74) is 0.644. The summed E-state index contributed by atoms with van der Waals surface area (Å²) >= 11 is 5.76. The van der Waals surface area contributed by atoms with Gasteiger partial charge in [-0.25, -0.2) is 4.79 Å². The first-order chi connectivity index (χ1) is 9.13. The van der Waals surface area contributed by atoms with Crippen LogP contribution in [0, 0.1) is 0 Å². The van der Waals surface area contributed by atoms with Gasteiger partial charge in [-0.15, -0.1) is 0 Å². The SMILES string of the molecule is CC1CNCC(COC(=O)Nc2ccc(Cl)cc2)O1. The van der Waals surface area contributed by atoms with Crippen LogP contribution in [0.4, 0.5) is 10.5 Å². The fourth-order valence-corrected chi connectivity index (χ4v) is 1.95. The monoisotopic (exact) mass is 284 g/mol. The number of hydrogen-bond acceptors (Lipinski definition) is 4. The molecular weight excluding hydrogens is 268 g/mol. The third-order valence-electron chi connectivity index (χ3n) is 2.72. The highest BCUT2D eigenvalue weighted by atomic mass is 35.5. The van der Waals surface area contributed by atoms with E-state index in [9.17, 15) is 4.79 Å². The Balaban J connectivity index is 1.73. The highest BCUT2D eigenvalue weighted by Gasteiger charge is 2.20. The van der Waals surface area contributed by atoms with Crippen molar-refractivity contribution in [2.45, 2.75) is 19.1 Å². The van der Waals surface area contributed by atoms with E-state index < -0.39 is 6.09 Å². The molecule has 1 amide bonds. The van der Waals surface area contributed by atoms with Crippen LogP contribution >= 0.6 is 11.6 Å². The molecule has 2 atom stereocenters. The van der Waals surface area contributed by atoms with Gasteiger partial charge in [-0.1, -0.05) is 11.6 Å². The lowest BCUT2D eigenvalue weighted by atomic mass is 10.2. The van der Waals surface area contributed by atoms with Crippen LogP contribution in [-0.2, 0) is 9.47 Å². The maximum Gasteiger partial charge on any atom is 0.411 e. The van der Waals surface area contributed by atoms with E-state index in [1.54, 1.807) is 24.3 Å². The number of carbonyl (C=O) groups is 1. The minimum Gasteiger partial charge on any atom is -0.446 e. The zero-order valence-corrected chi connectivity index (χ0v) is 11.4. The van der Waals surface area contributed by atoms with E-state index in [1.165, 1.54) is 0 Å². The summed E-state index contributed by atoms with van der Waals surface area (Å²) in [5.74, 6) is 0. The number of morpholine rings is 1. The lowest BCUT2D eigenvalue weighted by Crippen LogP contribution is -2.45. The van der Waals surface area contributed by atoms with Gasteiger partial charge in [-0.05, 0) is 31.2 Å². The first kappa shape index (κ1) is 14.1. The Bertz CT molecular complexity index is 424. The summed E-state index contributed by atoms with van der Waals surface area (Å²) in [5, 5.41) is 6.46. The molecule has 0 bridgehead atoms. The molecule has 1 aliphatic heterocycles. The van der Waals surface area contributed by atoms with E-state index in [-0.39, 0.29) is 18.8 Å². The molecule has 6 heteroatoms. The van der Waals surface area contributed by atoms with Gasteiger partial charge in [0, 0.05) is 23.8 Å². The fraction of sp³-hybridized carbons (Fsp3) is 0.462. The van der Waals surface area contributed by atoms with Crippen molar-refractivity contribution in [3.63, 3.8) is 0 Å². The van der Waals surface area contributed by atoms with E-state index in [0.29, 0.717) is 17.3 Å². The molecule has 104 valence electrons. The maximum atomic E-state index is 11.6. The van der Waals surface area contributed by atoms with Crippen LogP contribution < -0.4 is 10.6 Å². The number of hydrogen-bond donors (Lipinski definition) is 2. The average molecular weight is 285 g/mol. The van der Waals surface area contributed by atoms with Gasteiger partial charge in [0.05, 0.1) is 6.10 Å². The number of benzene rings is 1. The Morgan fingerprint density at radius 1 is 1.47 bits per heavy atom. The number of nitrogens with one attached hydrogen (secondary N) is 2. The predicted octanol–water partition coefficient (Wildman–Crippen LogP) is 2.27. The molecule has 2 unspecified atom stereocenters. The van der Waals surface area contributed by atoms with E-state index in [2.05, 4.69) is 10.6 Å². The first-order valence-electron chi connectivity index (χ1n) is 6.19. The van der Waals surface area contributed by atoms with Crippen LogP contribution in [0.5, 0.6) is 0 Å². The molecule has 1 aromatic carbocycles. The first-order valence-corrected chi connectivity index (χ1v) is 6.57. The Morgan fingerprint density at radius 2 is 2.21 bits per heavy atom. The van der Waals surface area contributed by atoms with Crippen molar-refractivity contribution in [3.8, 4) is 0 Å². The van der Waals surface area contributed by atoms with E-state index in [4.69, 9.17) is 21.1 Å². The van der Waals surface area contributed by atoms with E-state index >= 15 is 0 Å². The van der Waals surface area contributed by atoms with Crippen LogP contribution in [-0.4, -0.2) is 38.0 Å². The van der Waals surface area contributed by atoms with Gasteiger partial charge in [0.25, 0.3) is 0 Å². The summed E-state index contributed by atoms with van der Waals surface area (Å²) in [6, 6.07) is 6.83. The fourth-order valence-electron chi connectivity index (χ4n) is 1.83. The molecule has 5 nitrogen and oxygen atoms in total. The molecule has 0 aromatic heterocycles. The number of halogens is 1. The van der Waals surface area contributed by atoms with Crippen molar-refractivity contribution < 1.29 is 14.3 Å². The molecule has 1 aliphatic rings. The smallest absolute Gasteiger partial charge is 0.411 e. The zero-order chi connectivity index (χ0) is 13.7. The number of amides is 1. The lowest BCUT2D eigenvalue weighted by molar-refractivity contribution is -0.0533. The average Bonchev–Trinajstić information content (AvgIpc) is 2.39. The molecule has 1 heterocycles. The predicted molar refractivity (Wildman–Crippen MR) is 73.6 cm³/mol. The summed E-state index contributed by atoms with van der Waals surface area (Å²) in [7, 11) is 0. The zero-order valence-electron chi connectivity index (χ0n) is 10.7. The van der Waals surface area contributed by atoms with Gasteiger partial charge in [0.2, 0.25) is 0 Å². The van der Waals surface area contributed by atoms with E-state index in [1.807, 2.05) is 6.92 Å². The Labute approximate surface area is 117 Å². The molecule has 1 aromatic rings. The molecular formula is C13H17ClN2O3. The summed E-state index contributed by atoms with van der Waals surface area (Å²) in [6.45, 7) is 3.73. The molecule has 1 fully saturated rings. The van der Waals surface area contributed by atoms with Crippen molar-refractivity contribution in [1.82, 2.24) is 5.32 Å². The summed E-state index contributed by atoms with van der Waals surface area (Å²) in [6.07, 6.45) is -0.453. The van der Waals surface area contributed by atoms with Crippen molar-refractivity contribution in [1.29, 1.82) is 0 Å². The summed E-state index contributed by atoms with van der Waals surface area (Å²) < 4.78 is 10.7. The second-order valence-corrected chi connectivity index (χ2v) is 4.89. The van der Waals surface area contributed by atoms with Crippen LogP contribution in [0.15, 0.2) is 24.3 Å². The Morgan fingerprint density at radius 3 is 2.89 bits per heavy atom. The van der Waals surface area contributed by atoms with Gasteiger partial charge < -0.3 is 14.8 Å². The number of carbonyl (C=O) groups excluding carboxylic acids is 1. The van der Waals surface area contributed by atoms with E-state index in [0.717, 1.165) is 6.54 Å². The largest absolute Gasteiger partial charge is 0.446 e. The van der Waals surface area contributed by atoms with Crippen molar-refractivity contribution >= 4 is 23.4 Å². The second kappa shape index (κ2) is 6.75. The summed E-state index contributed by atoms with van der Waals surface area (Å²) in [4.78, 5) is 11.6. The highest BCUT2D eigenvalue weighted by molar-refractivity contribution is 6.30. The topological polar surface area (TPSA) is 59.6 Å². The number of ether oxygens (including phenoxy) is 2. The molecule has 1 saturated heterocycles. The Hall–Kier alpha value is -1.30.